The van der Waals surface area contributed by atoms with Gasteiger partial charge in [0.05, 0.1) is 0 Å². The molecule has 0 aliphatic heterocycles. The van der Waals surface area contributed by atoms with Crippen molar-refractivity contribution >= 4 is 17.4 Å². The van der Waals surface area contributed by atoms with E-state index in [1.807, 2.05) is 18.2 Å². The van der Waals surface area contributed by atoms with Crippen molar-refractivity contribution in [1.29, 1.82) is 0 Å². The monoisotopic (exact) mass is 227 g/mol. The maximum Gasteiger partial charge on any atom is 0.256 e. The van der Waals surface area contributed by atoms with Crippen LogP contribution >= 0.6 is 0 Å². The molecule has 0 bridgehead atoms. The van der Waals surface area contributed by atoms with Crippen molar-refractivity contribution < 1.29 is 4.79 Å². The van der Waals surface area contributed by atoms with Gasteiger partial charge in [0.15, 0.2) is 0 Å². The molecule has 0 aromatic carbocycles. The van der Waals surface area contributed by atoms with Gasteiger partial charge in [-0.1, -0.05) is 12.1 Å². The van der Waals surface area contributed by atoms with Crippen LogP contribution in [0, 0.1) is 0 Å². The zero-order valence-electron chi connectivity index (χ0n) is 9.55. The third-order valence-electron chi connectivity index (χ3n) is 2.44. The van der Waals surface area contributed by atoms with Gasteiger partial charge in [-0.05, 0) is 24.3 Å². The van der Waals surface area contributed by atoms with E-state index in [4.69, 9.17) is 0 Å². The molecule has 0 atom stereocenters. The molecule has 4 nitrogen and oxygen atoms in total. The summed E-state index contributed by atoms with van der Waals surface area (Å²) >= 11 is 0. The third-order valence-corrected chi connectivity index (χ3v) is 2.44. The SMILES string of the molecule is CN=C1C=CC(C(=O)Nc2ccccn2)=CC1. The Kier molecular flexibility index (Phi) is 3.45. The first-order valence-corrected chi connectivity index (χ1v) is 5.36. The van der Waals surface area contributed by atoms with Crippen molar-refractivity contribution in [2.24, 2.45) is 4.99 Å². The maximum atomic E-state index is 11.9. The average molecular weight is 227 g/mol. The molecule has 1 N–H and O–H groups in total. The predicted molar refractivity (Wildman–Crippen MR) is 68.1 cm³/mol. The van der Waals surface area contributed by atoms with Gasteiger partial charge in [0.25, 0.3) is 5.91 Å². The molecule has 0 saturated carbocycles. The molecule has 1 aliphatic rings. The highest BCUT2D eigenvalue weighted by atomic mass is 16.1. The zero-order chi connectivity index (χ0) is 12.1. The highest BCUT2D eigenvalue weighted by molar-refractivity contribution is 6.09. The van der Waals surface area contributed by atoms with Gasteiger partial charge in [0.1, 0.15) is 5.82 Å². The minimum Gasteiger partial charge on any atom is -0.307 e. The van der Waals surface area contributed by atoms with E-state index >= 15 is 0 Å². The number of amides is 1. The maximum absolute atomic E-state index is 11.9. The Morgan fingerprint density at radius 1 is 1.41 bits per heavy atom. The highest BCUT2D eigenvalue weighted by Gasteiger charge is 2.10. The Morgan fingerprint density at radius 2 is 2.29 bits per heavy atom. The van der Waals surface area contributed by atoms with Crippen LogP contribution in [0.5, 0.6) is 0 Å². The van der Waals surface area contributed by atoms with E-state index in [-0.39, 0.29) is 5.91 Å². The lowest BCUT2D eigenvalue weighted by Gasteiger charge is -2.08. The van der Waals surface area contributed by atoms with Crippen LogP contribution in [0.15, 0.2) is 53.2 Å². The second-order valence-corrected chi connectivity index (χ2v) is 3.58. The Hall–Kier alpha value is -2.23. The molecule has 1 amide bonds. The van der Waals surface area contributed by atoms with E-state index in [1.165, 1.54) is 0 Å². The fourth-order valence-electron chi connectivity index (χ4n) is 1.50. The Labute approximate surface area is 99.8 Å². The van der Waals surface area contributed by atoms with Crippen molar-refractivity contribution in [1.82, 2.24) is 4.98 Å². The molecule has 1 aliphatic carbocycles. The average Bonchev–Trinajstić information content (AvgIpc) is 2.40. The predicted octanol–water partition coefficient (Wildman–Crippen LogP) is 1.98. The molecule has 17 heavy (non-hydrogen) atoms. The number of aromatic nitrogens is 1. The van der Waals surface area contributed by atoms with Crippen LogP contribution in [0.25, 0.3) is 0 Å². The number of aliphatic imine (C=N–C) groups is 1. The molecule has 1 heterocycles. The van der Waals surface area contributed by atoms with Crippen LogP contribution < -0.4 is 5.32 Å². The number of hydrogen-bond donors (Lipinski definition) is 1. The summed E-state index contributed by atoms with van der Waals surface area (Å²) in [7, 11) is 1.74. The summed E-state index contributed by atoms with van der Waals surface area (Å²) in [5.41, 5.74) is 1.61. The number of anilines is 1. The summed E-state index contributed by atoms with van der Waals surface area (Å²) in [4.78, 5) is 20.0. The molecule has 86 valence electrons. The van der Waals surface area contributed by atoms with Crippen molar-refractivity contribution in [3.05, 3.63) is 48.2 Å². The summed E-state index contributed by atoms with van der Waals surface area (Å²) in [5, 5.41) is 2.74. The minimum absolute atomic E-state index is 0.143. The summed E-state index contributed by atoms with van der Waals surface area (Å²) in [6.07, 6.45) is 7.82. The number of nitrogens with zero attached hydrogens (tertiary/aromatic N) is 2. The van der Waals surface area contributed by atoms with Crippen molar-refractivity contribution in [3.63, 3.8) is 0 Å². The number of rotatable bonds is 2. The van der Waals surface area contributed by atoms with Gasteiger partial charge in [0.2, 0.25) is 0 Å². The molecule has 4 heteroatoms. The van der Waals surface area contributed by atoms with E-state index in [0.717, 1.165) is 5.71 Å². The van der Waals surface area contributed by atoms with Gasteiger partial charge in [-0.2, -0.15) is 0 Å². The molecule has 0 unspecified atom stereocenters. The largest absolute Gasteiger partial charge is 0.307 e. The van der Waals surface area contributed by atoms with Crippen molar-refractivity contribution in [2.75, 3.05) is 12.4 Å². The summed E-state index contributed by atoms with van der Waals surface area (Å²) in [6.45, 7) is 0. The van der Waals surface area contributed by atoms with Gasteiger partial charge >= 0.3 is 0 Å². The number of pyridine rings is 1. The Balaban J connectivity index is 2.03. The zero-order valence-corrected chi connectivity index (χ0v) is 9.55. The van der Waals surface area contributed by atoms with Crippen LogP contribution in [0.3, 0.4) is 0 Å². The second kappa shape index (κ2) is 5.21. The van der Waals surface area contributed by atoms with E-state index in [2.05, 4.69) is 15.3 Å². The van der Waals surface area contributed by atoms with Crippen LogP contribution in [-0.4, -0.2) is 23.7 Å². The van der Waals surface area contributed by atoms with E-state index < -0.39 is 0 Å². The molecule has 1 aromatic heterocycles. The lowest BCUT2D eigenvalue weighted by molar-refractivity contribution is -0.112. The van der Waals surface area contributed by atoms with Crippen molar-refractivity contribution in [3.8, 4) is 0 Å². The fraction of sp³-hybridized carbons (Fsp3) is 0.154. The molecular weight excluding hydrogens is 214 g/mol. The van der Waals surface area contributed by atoms with Crippen LogP contribution in [0.1, 0.15) is 6.42 Å². The minimum atomic E-state index is -0.143. The number of hydrogen-bond acceptors (Lipinski definition) is 3. The molecule has 0 spiro atoms. The first-order valence-electron chi connectivity index (χ1n) is 5.36. The summed E-state index contributed by atoms with van der Waals surface area (Å²) < 4.78 is 0. The van der Waals surface area contributed by atoms with Gasteiger partial charge < -0.3 is 5.32 Å². The number of nitrogens with one attached hydrogen (secondary N) is 1. The lowest BCUT2D eigenvalue weighted by Crippen LogP contribution is -2.16. The highest BCUT2D eigenvalue weighted by Crippen LogP contribution is 2.11. The molecule has 0 fully saturated rings. The smallest absolute Gasteiger partial charge is 0.256 e. The van der Waals surface area contributed by atoms with Gasteiger partial charge in [-0.25, -0.2) is 4.98 Å². The van der Waals surface area contributed by atoms with E-state index in [9.17, 15) is 4.79 Å². The molecule has 0 radical (unpaired) electrons. The molecular formula is C13H13N3O. The first kappa shape index (κ1) is 11.3. The fourth-order valence-corrected chi connectivity index (χ4v) is 1.50. The van der Waals surface area contributed by atoms with Crippen molar-refractivity contribution in [2.45, 2.75) is 6.42 Å². The topological polar surface area (TPSA) is 54.4 Å². The standard InChI is InChI=1S/C13H13N3O/c1-14-11-7-5-10(6-8-11)13(17)16-12-4-2-3-9-15-12/h2-7,9H,8H2,1H3,(H,15,16,17). The Morgan fingerprint density at radius 3 is 2.88 bits per heavy atom. The van der Waals surface area contributed by atoms with E-state index in [1.54, 1.807) is 31.5 Å². The van der Waals surface area contributed by atoms with Crippen LogP contribution in [-0.2, 0) is 4.79 Å². The lowest BCUT2D eigenvalue weighted by atomic mass is 10.1. The number of carbonyl (C=O) groups is 1. The number of allylic oxidation sites excluding steroid dienone is 2. The normalized spacial score (nSPS) is 16.8. The van der Waals surface area contributed by atoms with Gasteiger partial charge in [-0.15, -0.1) is 0 Å². The summed E-state index contributed by atoms with van der Waals surface area (Å²) in [5.74, 6) is 0.414. The quantitative estimate of drug-likeness (QED) is 0.839. The molecule has 2 rings (SSSR count). The number of carbonyl (C=O) groups excluding carboxylic acids is 1. The third kappa shape index (κ3) is 2.87. The van der Waals surface area contributed by atoms with Crippen LogP contribution in [0.4, 0.5) is 5.82 Å². The summed E-state index contributed by atoms with van der Waals surface area (Å²) in [6, 6.07) is 5.39. The van der Waals surface area contributed by atoms with Gasteiger partial charge in [-0.3, -0.25) is 9.79 Å². The van der Waals surface area contributed by atoms with Crippen LogP contribution in [0.2, 0.25) is 0 Å². The van der Waals surface area contributed by atoms with Gasteiger partial charge in [0, 0.05) is 31.0 Å². The molecule has 1 aromatic rings. The first-order chi connectivity index (χ1) is 8.29. The molecule has 0 saturated heterocycles. The van der Waals surface area contributed by atoms with E-state index in [0.29, 0.717) is 17.8 Å². The second-order valence-electron chi connectivity index (χ2n) is 3.58. The Bertz CT molecular complexity index is 501.